The van der Waals surface area contributed by atoms with Gasteiger partial charge in [-0.25, -0.2) is 9.78 Å². The Labute approximate surface area is 195 Å². The average molecular weight is 448 g/mol. The maximum absolute atomic E-state index is 13.6. The summed E-state index contributed by atoms with van der Waals surface area (Å²) in [5.41, 5.74) is 1.38. The number of urea groups is 1. The first-order valence-corrected chi connectivity index (χ1v) is 12.1. The number of rotatable bonds is 5. The maximum Gasteiger partial charge on any atom is 0.321 e. The Bertz CT molecular complexity index is 1010. The lowest BCUT2D eigenvalue weighted by molar-refractivity contribution is -0.132. The third-order valence-electron chi connectivity index (χ3n) is 7.53. The number of carbonyl (C=O) groups is 2. The van der Waals surface area contributed by atoms with Crippen LogP contribution in [0.4, 0.5) is 16.3 Å². The highest BCUT2D eigenvalue weighted by molar-refractivity contribution is 5.90. The van der Waals surface area contributed by atoms with Crippen LogP contribution in [0.2, 0.25) is 0 Å². The third kappa shape index (κ3) is 4.54. The number of likely N-dealkylation sites (tertiary alicyclic amines) is 1. The molecule has 3 amide bonds. The summed E-state index contributed by atoms with van der Waals surface area (Å²) in [6.07, 6.45) is 5.81. The van der Waals surface area contributed by atoms with E-state index in [1.807, 2.05) is 54.3 Å². The van der Waals surface area contributed by atoms with Gasteiger partial charge in [0, 0.05) is 50.5 Å². The first-order chi connectivity index (χ1) is 16.0. The molecule has 3 fully saturated rings. The van der Waals surface area contributed by atoms with Gasteiger partial charge in [0.25, 0.3) is 0 Å². The van der Waals surface area contributed by atoms with Gasteiger partial charge in [0.1, 0.15) is 5.82 Å². The molecule has 2 saturated heterocycles. The minimum Gasteiger partial charge on any atom is -0.355 e. The number of hydrogen-bond acceptors (Lipinski definition) is 4. The highest BCUT2D eigenvalue weighted by Crippen LogP contribution is 2.44. The Morgan fingerprint density at radius 2 is 1.94 bits per heavy atom. The largest absolute Gasteiger partial charge is 0.355 e. The van der Waals surface area contributed by atoms with Crippen molar-refractivity contribution in [2.45, 2.75) is 32.6 Å². The first kappa shape index (κ1) is 21.7. The number of amides is 3. The molecule has 0 spiro atoms. The minimum absolute atomic E-state index is 0.0591. The summed E-state index contributed by atoms with van der Waals surface area (Å²) in [4.78, 5) is 35.5. The third-order valence-corrected chi connectivity index (χ3v) is 7.53. The van der Waals surface area contributed by atoms with Crippen molar-refractivity contribution >= 4 is 23.4 Å². The second kappa shape index (κ2) is 9.04. The topological polar surface area (TPSA) is 77.6 Å². The smallest absolute Gasteiger partial charge is 0.321 e. The van der Waals surface area contributed by atoms with Crippen LogP contribution in [-0.2, 0) is 4.79 Å². The molecular formula is C26H33N5O2. The number of pyridine rings is 1. The molecule has 1 aromatic heterocycles. The van der Waals surface area contributed by atoms with E-state index in [-0.39, 0.29) is 17.9 Å². The Kier molecular flexibility index (Phi) is 5.96. The van der Waals surface area contributed by atoms with Gasteiger partial charge in [0.05, 0.1) is 5.41 Å². The van der Waals surface area contributed by atoms with Crippen molar-refractivity contribution in [2.75, 3.05) is 42.9 Å². The second-order valence-electron chi connectivity index (χ2n) is 9.87. The van der Waals surface area contributed by atoms with Crippen molar-refractivity contribution in [3.8, 4) is 0 Å². The number of anilines is 2. The molecular weight excluding hydrogens is 414 g/mol. The van der Waals surface area contributed by atoms with E-state index in [2.05, 4.69) is 20.5 Å². The molecule has 0 bridgehead atoms. The Morgan fingerprint density at radius 1 is 1.12 bits per heavy atom. The average Bonchev–Trinajstić information content (AvgIpc) is 3.62. The highest BCUT2D eigenvalue weighted by Gasteiger charge is 2.53. The van der Waals surface area contributed by atoms with Crippen LogP contribution in [0.5, 0.6) is 0 Å². The van der Waals surface area contributed by atoms with Crippen LogP contribution in [0.1, 0.15) is 31.2 Å². The molecule has 0 unspecified atom stereocenters. The van der Waals surface area contributed by atoms with Crippen LogP contribution in [0.3, 0.4) is 0 Å². The molecule has 2 N–H and O–H groups in total. The van der Waals surface area contributed by atoms with Crippen molar-refractivity contribution in [3.63, 3.8) is 0 Å². The van der Waals surface area contributed by atoms with Crippen molar-refractivity contribution < 1.29 is 9.59 Å². The molecule has 5 rings (SSSR count). The predicted molar refractivity (Wildman–Crippen MR) is 129 cm³/mol. The van der Waals surface area contributed by atoms with Crippen molar-refractivity contribution in [3.05, 3.63) is 54.2 Å². The number of nitrogens with zero attached hydrogens (tertiary/aromatic N) is 3. The van der Waals surface area contributed by atoms with Gasteiger partial charge in [-0.15, -0.1) is 0 Å². The Balaban J connectivity index is 1.36. The summed E-state index contributed by atoms with van der Waals surface area (Å²) in [5.74, 6) is 1.75. The Hall–Kier alpha value is -3.09. The molecule has 33 heavy (non-hydrogen) atoms. The molecule has 3 heterocycles. The van der Waals surface area contributed by atoms with Gasteiger partial charge < -0.3 is 20.4 Å². The van der Waals surface area contributed by atoms with E-state index in [0.717, 1.165) is 43.0 Å². The van der Waals surface area contributed by atoms with Crippen molar-refractivity contribution in [2.24, 2.45) is 17.3 Å². The lowest BCUT2D eigenvalue weighted by Gasteiger charge is -2.32. The van der Waals surface area contributed by atoms with Gasteiger partial charge in [-0.2, -0.15) is 0 Å². The molecule has 7 heteroatoms. The van der Waals surface area contributed by atoms with Gasteiger partial charge in [-0.3, -0.25) is 4.79 Å². The highest BCUT2D eigenvalue weighted by atomic mass is 16.2. The summed E-state index contributed by atoms with van der Waals surface area (Å²) in [5, 5.41) is 6.34. The number of para-hydroxylation sites is 1. The van der Waals surface area contributed by atoms with Crippen LogP contribution >= 0.6 is 0 Å². The molecule has 7 nitrogen and oxygen atoms in total. The van der Waals surface area contributed by atoms with Crippen LogP contribution < -0.4 is 15.5 Å². The summed E-state index contributed by atoms with van der Waals surface area (Å²) < 4.78 is 0. The molecule has 1 saturated carbocycles. The summed E-state index contributed by atoms with van der Waals surface area (Å²) in [7, 11) is 0. The van der Waals surface area contributed by atoms with Crippen LogP contribution in [0, 0.1) is 24.2 Å². The van der Waals surface area contributed by atoms with Crippen molar-refractivity contribution in [1.82, 2.24) is 15.2 Å². The molecule has 2 atom stereocenters. The van der Waals surface area contributed by atoms with Crippen LogP contribution in [0.25, 0.3) is 0 Å². The molecule has 2 aliphatic heterocycles. The second-order valence-corrected chi connectivity index (χ2v) is 9.87. The van der Waals surface area contributed by atoms with E-state index in [1.165, 1.54) is 12.8 Å². The van der Waals surface area contributed by atoms with Crippen LogP contribution in [0.15, 0.2) is 48.7 Å². The zero-order valence-corrected chi connectivity index (χ0v) is 19.3. The van der Waals surface area contributed by atoms with Gasteiger partial charge >= 0.3 is 6.03 Å². The first-order valence-electron chi connectivity index (χ1n) is 12.1. The summed E-state index contributed by atoms with van der Waals surface area (Å²) in [6, 6.07) is 13.6. The summed E-state index contributed by atoms with van der Waals surface area (Å²) >= 11 is 0. The fourth-order valence-electron chi connectivity index (χ4n) is 5.35. The number of aryl methyl sites for hydroxylation is 1. The van der Waals surface area contributed by atoms with Gasteiger partial charge in [-0.1, -0.05) is 24.3 Å². The zero-order chi connectivity index (χ0) is 22.8. The minimum atomic E-state index is -0.496. The Morgan fingerprint density at radius 3 is 2.70 bits per heavy atom. The molecule has 2 aromatic rings. The zero-order valence-electron chi connectivity index (χ0n) is 19.3. The lowest BCUT2D eigenvalue weighted by Crippen LogP contribution is -2.49. The van der Waals surface area contributed by atoms with Gasteiger partial charge in [0.2, 0.25) is 5.91 Å². The molecule has 3 aliphatic rings. The fourth-order valence-corrected chi connectivity index (χ4v) is 5.35. The van der Waals surface area contributed by atoms with E-state index in [1.54, 1.807) is 6.20 Å². The quantitative estimate of drug-likeness (QED) is 0.733. The number of aromatic nitrogens is 1. The molecule has 174 valence electrons. The monoisotopic (exact) mass is 447 g/mol. The number of carbonyl (C=O) groups excluding carboxylic acids is 2. The molecule has 0 radical (unpaired) electrons. The van der Waals surface area contributed by atoms with E-state index in [9.17, 15) is 9.59 Å². The molecule has 1 aromatic carbocycles. The SMILES string of the molecule is Cc1ccccc1NC(=O)N1CCC[C@@]2(C(=O)NCC3CC3)CN(c3ccccn3)C[C@H]2C1. The standard InChI is InChI=1S/C26H33N5O2/c1-19-7-2-3-8-22(19)29-25(33)30-14-6-12-26(24(32)28-15-20-10-11-20)18-31(17-21(26)16-30)23-9-4-5-13-27-23/h2-5,7-9,13,20-21H,6,10-12,14-18H2,1H3,(H,28,32)(H,29,33)/t21-,26-/m1/s1. The number of hydrogen-bond donors (Lipinski definition) is 2. The fraction of sp³-hybridized carbons (Fsp3) is 0.500. The number of fused-ring (bicyclic) bond motifs is 1. The van der Waals surface area contributed by atoms with E-state index >= 15 is 0 Å². The molecule has 1 aliphatic carbocycles. The van der Waals surface area contributed by atoms with E-state index in [4.69, 9.17) is 0 Å². The van der Waals surface area contributed by atoms with Gasteiger partial charge in [0.15, 0.2) is 0 Å². The normalized spacial score (nSPS) is 24.7. The predicted octanol–water partition coefficient (Wildman–Crippen LogP) is 3.67. The van der Waals surface area contributed by atoms with Gasteiger partial charge in [-0.05, 0) is 62.3 Å². The van der Waals surface area contributed by atoms with Crippen molar-refractivity contribution in [1.29, 1.82) is 0 Å². The number of benzene rings is 1. The summed E-state index contributed by atoms with van der Waals surface area (Å²) in [6.45, 7) is 5.37. The van der Waals surface area contributed by atoms with E-state index in [0.29, 0.717) is 25.6 Å². The lowest BCUT2D eigenvalue weighted by atomic mass is 9.74. The maximum atomic E-state index is 13.6. The van der Waals surface area contributed by atoms with E-state index < -0.39 is 5.41 Å². The number of nitrogens with one attached hydrogen (secondary N) is 2. The van der Waals surface area contributed by atoms with Crippen LogP contribution in [-0.4, -0.2) is 54.5 Å².